The maximum atomic E-state index is 12.1. The lowest BCUT2D eigenvalue weighted by Crippen LogP contribution is -2.33. The van der Waals surface area contributed by atoms with Gasteiger partial charge in [0.2, 0.25) is 0 Å². The van der Waals surface area contributed by atoms with Crippen LogP contribution in [0.15, 0.2) is 30.3 Å². The fraction of sp³-hybridized carbons (Fsp3) is 0.471. The largest absolute Gasteiger partial charge is 0.447 e. The summed E-state index contributed by atoms with van der Waals surface area (Å²) in [5, 5.41) is 19.0. The predicted octanol–water partition coefficient (Wildman–Crippen LogP) is 2.38. The van der Waals surface area contributed by atoms with Gasteiger partial charge in [-0.1, -0.05) is 48.4 Å². The number of aromatic nitrogens is 3. The molecule has 24 heavy (non-hydrogen) atoms. The number of aliphatic hydroxyl groups excluding tert-OH is 1. The van der Waals surface area contributed by atoms with Crippen LogP contribution in [0.3, 0.4) is 0 Å². The minimum atomic E-state index is -0.471. The van der Waals surface area contributed by atoms with Gasteiger partial charge in [0.05, 0.1) is 18.7 Å². The standard InChI is InChI=1S/C17H20N4O3/c22-14-9-5-4-8-13(14)21-16(20-10-11-24-17(20)23)15(18-19-21)12-6-2-1-3-7-12/h1-3,6-7,13-14,22H,4-5,8-11H2. The van der Waals surface area contributed by atoms with E-state index in [1.165, 1.54) is 0 Å². The number of ether oxygens (including phenoxy) is 1. The zero-order chi connectivity index (χ0) is 16.5. The third-order valence-electron chi connectivity index (χ3n) is 4.74. The number of amides is 1. The molecule has 1 aliphatic carbocycles. The predicted molar refractivity (Wildman–Crippen MR) is 87.7 cm³/mol. The quantitative estimate of drug-likeness (QED) is 0.935. The van der Waals surface area contributed by atoms with E-state index in [2.05, 4.69) is 10.3 Å². The molecule has 126 valence electrons. The van der Waals surface area contributed by atoms with E-state index in [4.69, 9.17) is 4.74 Å². The van der Waals surface area contributed by atoms with Crippen LogP contribution in [0.4, 0.5) is 10.6 Å². The van der Waals surface area contributed by atoms with Crippen molar-refractivity contribution in [3.63, 3.8) is 0 Å². The molecule has 1 saturated carbocycles. The van der Waals surface area contributed by atoms with Gasteiger partial charge in [-0.25, -0.2) is 9.48 Å². The molecule has 0 bridgehead atoms. The summed E-state index contributed by atoms with van der Waals surface area (Å²) in [4.78, 5) is 13.7. The van der Waals surface area contributed by atoms with Crippen molar-refractivity contribution in [2.24, 2.45) is 0 Å². The van der Waals surface area contributed by atoms with E-state index in [0.717, 1.165) is 31.2 Å². The number of cyclic esters (lactones) is 1. The third-order valence-corrected chi connectivity index (χ3v) is 4.74. The van der Waals surface area contributed by atoms with Crippen molar-refractivity contribution in [2.45, 2.75) is 37.8 Å². The van der Waals surface area contributed by atoms with Crippen molar-refractivity contribution in [1.82, 2.24) is 15.0 Å². The van der Waals surface area contributed by atoms with Gasteiger partial charge in [-0.2, -0.15) is 0 Å². The summed E-state index contributed by atoms with van der Waals surface area (Å²) in [5.74, 6) is 0.620. The Kier molecular flexibility index (Phi) is 3.93. The van der Waals surface area contributed by atoms with Gasteiger partial charge in [-0.05, 0) is 12.8 Å². The Bertz CT molecular complexity index is 731. The fourth-order valence-electron chi connectivity index (χ4n) is 3.51. The molecule has 1 aromatic carbocycles. The van der Waals surface area contributed by atoms with Crippen LogP contribution < -0.4 is 4.90 Å². The van der Waals surface area contributed by atoms with Gasteiger partial charge in [-0.15, -0.1) is 5.10 Å². The Hall–Kier alpha value is -2.41. The SMILES string of the molecule is O=C1OCCN1c1c(-c2ccccc2)nnn1C1CCCCC1O. The van der Waals surface area contributed by atoms with E-state index >= 15 is 0 Å². The first-order valence-corrected chi connectivity index (χ1v) is 8.38. The normalized spacial score (nSPS) is 24.2. The average molecular weight is 328 g/mol. The zero-order valence-corrected chi connectivity index (χ0v) is 13.3. The number of hydrogen-bond acceptors (Lipinski definition) is 5. The maximum Gasteiger partial charge on any atom is 0.415 e. The number of anilines is 1. The van der Waals surface area contributed by atoms with E-state index in [0.29, 0.717) is 24.7 Å². The van der Waals surface area contributed by atoms with E-state index < -0.39 is 6.10 Å². The van der Waals surface area contributed by atoms with Crippen molar-refractivity contribution >= 4 is 11.9 Å². The van der Waals surface area contributed by atoms with Gasteiger partial charge >= 0.3 is 6.09 Å². The molecule has 1 aliphatic heterocycles. The Morgan fingerprint density at radius 2 is 1.96 bits per heavy atom. The molecule has 0 spiro atoms. The van der Waals surface area contributed by atoms with Gasteiger partial charge in [0.15, 0.2) is 5.82 Å². The maximum absolute atomic E-state index is 12.1. The molecule has 0 radical (unpaired) electrons. The van der Waals surface area contributed by atoms with E-state index in [-0.39, 0.29) is 12.1 Å². The highest BCUT2D eigenvalue weighted by molar-refractivity contribution is 5.92. The number of rotatable bonds is 3. The molecule has 1 saturated heterocycles. The number of hydrogen-bond donors (Lipinski definition) is 1. The lowest BCUT2D eigenvalue weighted by molar-refractivity contribution is 0.0691. The molecular formula is C17H20N4O3. The Morgan fingerprint density at radius 3 is 2.67 bits per heavy atom. The van der Waals surface area contributed by atoms with E-state index in [1.54, 1.807) is 9.58 Å². The fourth-order valence-corrected chi connectivity index (χ4v) is 3.51. The van der Waals surface area contributed by atoms with Crippen LogP contribution in [0, 0.1) is 0 Å². The van der Waals surface area contributed by atoms with Gasteiger partial charge in [0.25, 0.3) is 0 Å². The first-order valence-electron chi connectivity index (χ1n) is 8.38. The highest BCUT2D eigenvalue weighted by atomic mass is 16.6. The highest BCUT2D eigenvalue weighted by Crippen LogP contribution is 2.37. The first-order chi connectivity index (χ1) is 11.8. The summed E-state index contributed by atoms with van der Waals surface area (Å²) in [6, 6.07) is 9.51. The van der Waals surface area contributed by atoms with Crippen LogP contribution in [0.1, 0.15) is 31.7 Å². The summed E-state index contributed by atoms with van der Waals surface area (Å²) >= 11 is 0. The van der Waals surface area contributed by atoms with Crippen LogP contribution in [0.25, 0.3) is 11.3 Å². The molecule has 2 atom stereocenters. The number of benzene rings is 1. The van der Waals surface area contributed by atoms with Gasteiger partial charge < -0.3 is 9.84 Å². The Labute approximate surface area is 139 Å². The number of nitrogens with zero attached hydrogens (tertiary/aromatic N) is 4. The zero-order valence-electron chi connectivity index (χ0n) is 13.3. The highest BCUT2D eigenvalue weighted by Gasteiger charge is 2.35. The second kappa shape index (κ2) is 6.24. The van der Waals surface area contributed by atoms with Crippen LogP contribution >= 0.6 is 0 Å². The summed E-state index contributed by atoms with van der Waals surface area (Å²) < 4.78 is 6.83. The van der Waals surface area contributed by atoms with Crippen molar-refractivity contribution in [1.29, 1.82) is 0 Å². The van der Waals surface area contributed by atoms with Crippen molar-refractivity contribution in [2.75, 3.05) is 18.1 Å². The van der Waals surface area contributed by atoms with Crippen LogP contribution in [0.2, 0.25) is 0 Å². The molecule has 2 fully saturated rings. The van der Waals surface area contributed by atoms with E-state index in [1.807, 2.05) is 30.3 Å². The molecule has 1 N–H and O–H groups in total. The van der Waals surface area contributed by atoms with Crippen molar-refractivity contribution in [3.8, 4) is 11.3 Å². The molecule has 2 unspecified atom stereocenters. The lowest BCUT2D eigenvalue weighted by atomic mass is 9.92. The molecular weight excluding hydrogens is 308 g/mol. The topological polar surface area (TPSA) is 80.5 Å². The smallest absolute Gasteiger partial charge is 0.415 e. The third kappa shape index (κ3) is 2.54. The van der Waals surface area contributed by atoms with Crippen LogP contribution in [0.5, 0.6) is 0 Å². The molecule has 1 amide bonds. The minimum absolute atomic E-state index is 0.160. The first kappa shape index (κ1) is 15.1. The van der Waals surface area contributed by atoms with Gasteiger partial charge in [0.1, 0.15) is 12.3 Å². The number of carbonyl (C=O) groups excluding carboxylic acids is 1. The summed E-state index contributed by atoms with van der Waals surface area (Å²) in [6.45, 7) is 0.820. The number of aliphatic hydroxyl groups is 1. The second-order valence-electron chi connectivity index (χ2n) is 6.26. The molecule has 2 aromatic rings. The summed E-state index contributed by atoms with van der Waals surface area (Å²) in [7, 11) is 0. The molecule has 2 aliphatic rings. The van der Waals surface area contributed by atoms with Gasteiger partial charge in [-0.3, -0.25) is 4.90 Å². The Morgan fingerprint density at radius 1 is 1.17 bits per heavy atom. The molecule has 7 heteroatoms. The summed E-state index contributed by atoms with van der Waals surface area (Å²) in [5.41, 5.74) is 1.54. The molecule has 4 rings (SSSR count). The van der Waals surface area contributed by atoms with Crippen molar-refractivity contribution in [3.05, 3.63) is 30.3 Å². The van der Waals surface area contributed by atoms with Crippen LogP contribution in [-0.4, -0.2) is 45.4 Å². The molecule has 7 nitrogen and oxygen atoms in total. The number of carbonyl (C=O) groups is 1. The average Bonchev–Trinajstić information content (AvgIpc) is 3.22. The van der Waals surface area contributed by atoms with Gasteiger partial charge in [0, 0.05) is 5.56 Å². The monoisotopic (exact) mass is 328 g/mol. The summed E-state index contributed by atoms with van der Waals surface area (Å²) in [6.07, 6.45) is 2.76. The lowest BCUT2D eigenvalue weighted by Gasteiger charge is -2.29. The molecule has 2 heterocycles. The second-order valence-corrected chi connectivity index (χ2v) is 6.26. The molecule has 1 aromatic heterocycles. The van der Waals surface area contributed by atoms with E-state index in [9.17, 15) is 9.90 Å². The van der Waals surface area contributed by atoms with Crippen LogP contribution in [-0.2, 0) is 4.74 Å². The Balaban J connectivity index is 1.82. The minimum Gasteiger partial charge on any atom is -0.447 e. The van der Waals surface area contributed by atoms with Crippen molar-refractivity contribution < 1.29 is 14.6 Å².